The zero-order chi connectivity index (χ0) is 10.3. The van der Waals surface area contributed by atoms with Crippen LogP contribution in [-0.4, -0.2) is 73.8 Å². The molecule has 2 fully saturated rings. The van der Waals surface area contributed by atoms with Crippen LogP contribution in [0.1, 0.15) is 0 Å². The maximum absolute atomic E-state index is 11.0. The topological polar surface area (TPSA) is 105 Å². The predicted molar refractivity (Wildman–Crippen MR) is 40.7 cm³/mol. The Morgan fingerprint density at radius 3 is 2.71 bits per heavy atom. The Hall–Kier alpha value is 0.0882. The normalized spacial score (nSPS) is 43.5. The molecule has 80 valence electrons. The molecule has 2 bridgehead atoms. The van der Waals surface area contributed by atoms with Crippen LogP contribution < -0.4 is 0 Å². The number of aliphatic hydroxyl groups is 3. The number of carbonyl (C=O) groups is 1. The van der Waals surface area contributed by atoms with Gasteiger partial charge < -0.3 is 0 Å². The van der Waals surface area contributed by atoms with E-state index in [1.165, 1.54) is 0 Å². The SMILES string of the molecule is O=C1[O][Sb]2[O][C@@H]([C@@H](O)[C@H](CO)[O]2)[C@H]1O. The molecular weight excluding hydrogens is 306 g/mol. The van der Waals surface area contributed by atoms with Crippen molar-refractivity contribution in [1.82, 2.24) is 0 Å². The fourth-order valence-electron chi connectivity index (χ4n) is 1.26. The average molecular weight is 315 g/mol. The number of aliphatic hydroxyl groups excluding tert-OH is 3. The van der Waals surface area contributed by atoms with Crippen LogP contribution in [0.5, 0.6) is 0 Å². The summed E-state index contributed by atoms with van der Waals surface area (Å²) in [6.45, 7) is -0.397. The second-order valence-electron chi connectivity index (χ2n) is 2.97. The monoisotopic (exact) mass is 314 g/mol. The third-order valence-corrected chi connectivity index (χ3v) is 5.43. The zero-order valence-electron chi connectivity index (χ0n) is 6.94. The number of fused-ring (bicyclic) bond motifs is 2. The third-order valence-electron chi connectivity index (χ3n) is 2.04. The van der Waals surface area contributed by atoms with Gasteiger partial charge in [-0.25, -0.2) is 0 Å². The maximum atomic E-state index is 11.0. The molecule has 0 aromatic heterocycles. The fraction of sp³-hybridized carbons (Fsp3) is 0.833. The van der Waals surface area contributed by atoms with E-state index in [2.05, 4.69) is 3.02 Å². The van der Waals surface area contributed by atoms with Crippen molar-refractivity contribution in [1.29, 1.82) is 0 Å². The van der Waals surface area contributed by atoms with Crippen molar-refractivity contribution in [2.75, 3.05) is 6.61 Å². The number of hydrogen-bond acceptors (Lipinski definition) is 7. The molecule has 0 aromatic carbocycles. The van der Waals surface area contributed by atoms with Gasteiger partial charge in [-0.3, -0.25) is 0 Å². The predicted octanol–water partition coefficient (Wildman–Crippen LogP) is -2.97. The second kappa shape index (κ2) is 3.92. The van der Waals surface area contributed by atoms with Crippen LogP contribution >= 0.6 is 0 Å². The van der Waals surface area contributed by atoms with Crippen LogP contribution in [0.4, 0.5) is 0 Å². The standard InChI is InChI=1S/C6H10O7.Sb/c7-1-2(8)3(9)4(10)5(11)6(12)13;/h2-5,7,9,11H,1H2,(H,12,13);/q-2;+3/p-1/t2-,3-,4-,5+;/m0./s1. The van der Waals surface area contributed by atoms with Crippen molar-refractivity contribution in [3.63, 3.8) is 0 Å². The van der Waals surface area contributed by atoms with E-state index in [1.807, 2.05) is 0 Å². The Morgan fingerprint density at radius 2 is 2.07 bits per heavy atom. The molecule has 0 saturated carbocycles. The Kier molecular flexibility index (Phi) is 2.97. The molecule has 0 radical (unpaired) electrons. The number of rotatable bonds is 1. The molecule has 8 heteroatoms. The molecule has 14 heavy (non-hydrogen) atoms. The molecule has 2 saturated heterocycles. The minimum atomic E-state index is -3.05. The first kappa shape index (κ1) is 10.6. The van der Waals surface area contributed by atoms with Gasteiger partial charge in [0.15, 0.2) is 0 Å². The summed E-state index contributed by atoms with van der Waals surface area (Å²) in [5.41, 5.74) is 0. The first-order valence-corrected chi connectivity index (χ1v) is 7.08. The summed E-state index contributed by atoms with van der Waals surface area (Å²) in [5, 5.41) is 27.7. The van der Waals surface area contributed by atoms with Crippen LogP contribution in [0.15, 0.2) is 0 Å². The van der Waals surface area contributed by atoms with Crippen molar-refractivity contribution in [2.24, 2.45) is 0 Å². The molecule has 2 aliphatic heterocycles. The molecule has 0 unspecified atom stereocenters. The Bertz CT molecular complexity index is 244. The molecule has 2 heterocycles. The van der Waals surface area contributed by atoms with E-state index in [9.17, 15) is 15.0 Å². The molecule has 2 rings (SSSR count). The van der Waals surface area contributed by atoms with Crippen molar-refractivity contribution in [3.8, 4) is 0 Å². The van der Waals surface area contributed by atoms with Crippen molar-refractivity contribution >= 4 is 27.4 Å². The van der Waals surface area contributed by atoms with Gasteiger partial charge in [0.1, 0.15) is 0 Å². The van der Waals surface area contributed by atoms with Gasteiger partial charge >= 0.3 is 87.6 Å². The molecule has 0 spiro atoms. The summed E-state index contributed by atoms with van der Waals surface area (Å²) in [5.74, 6) is -0.820. The van der Waals surface area contributed by atoms with E-state index in [1.54, 1.807) is 0 Å². The summed E-state index contributed by atoms with van der Waals surface area (Å²) in [6.07, 6.45) is -4.56. The van der Waals surface area contributed by atoms with Gasteiger partial charge in [-0.1, -0.05) is 0 Å². The quantitative estimate of drug-likeness (QED) is 0.444. The third kappa shape index (κ3) is 1.64. The Morgan fingerprint density at radius 1 is 1.36 bits per heavy atom. The van der Waals surface area contributed by atoms with E-state index in [0.717, 1.165) is 0 Å². The van der Waals surface area contributed by atoms with Crippen LogP contribution in [0.25, 0.3) is 0 Å². The van der Waals surface area contributed by atoms with Gasteiger partial charge in [0, 0.05) is 0 Å². The van der Waals surface area contributed by atoms with Crippen LogP contribution in [0.2, 0.25) is 0 Å². The second-order valence-corrected chi connectivity index (χ2v) is 5.97. The van der Waals surface area contributed by atoms with Gasteiger partial charge in [0.05, 0.1) is 0 Å². The molecular formula is C6H9O7Sb. The van der Waals surface area contributed by atoms with Crippen molar-refractivity contribution in [2.45, 2.75) is 24.4 Å². The van der Waals surface area contributed by atoms with E-state index in [-0.39, 0.29) is 0 Å². The van der Waals surface area contributed by atoms with Crippen molar-refractivity contribution < 1.29 is 29.2 Å². The van der Waals surface area contributed by atoms with Gasteiger partial charge in [-0.15, -0.1) is 0 Å². The van der Waals surface area contributed by atoms with Crippen molar-refractivity contribution in [3.05, 3.63) is 0 Å². The number of hydrogen-bond donors (Lipinski definition) is 3. The summed E-state index contributed by atoms with van der Waals surface area (Å²) in [4.78, 5) is 11.0. The van der Waals surface area contributed by atoms with Gasteiger partial charge in [0.25, 0.3) is 0 Å². The summed E-state index contributed by atoms with van der Waals surface area (Å²) >= 11 is -3.05. The zero-order valence-corrected chi connectivity index (χ0v) is 9.49. The van der Waals surface area contributed by atoms with Gasteiger partial charge in [-0.2, -0.15) is 0 Å². The van der Waals surface area contributed by atoms with Crippen LogP contribution in [-0.2, 0) is 13.8 Å². The Labute approximate surface area is 87.8 Å². The number of carbonyl (C=O) groups excluding carboxylic acids is 1. The summed E-state index contributed by atoms with van der Waals surface area (Å²) < 4.78 is 14.8. The van der Waals surface area contributed by atoms with Gasteiger partial charge in [0.2, 0.25) is 0 Å². The summed E-state index contributed by atoms with van der Waals surface area (Å²) in [6, 6.07) is 0. The summed E-state index contributed by atoms with van der Waals surface area (Å²) in [7, 11) is 0. The molecule has 7 nitrogen and oxygen atoms in total. The van der Waals surface area contributed by atoms with E-state index < -0.39 is 58.5 Å². The first-order chi connectivity index (χ1) is 6.63. The van der Waals surface area contributed by atoms with E-state index in [0.29, 0.717) is 0 Å². The molecule has 4 atom stereocenters. The van der Waals surface area contributed by atoms with Crippen LogP contribution in [0, 0.1) is 0 Å². The first-order valence-electron chi connectivity index (χ1n) is 3.96. The van der Waals surface area contributed by atoms with Gasteiger partial charge in [-0.05, 0) is 0 Å². The van der Waals surface area contributed by atoms with E-state index >= 15 is 0 Å². The molecule has 0 aliphatic carbocycles. The Balaban J connectivity index is 2.16. The molecule has 3 N–H and O–H groups in total. The average Bonchev–Trinajstić information content (AvgIpc) is 2.18. The fourth-order valence-corrected chi connectivity index (χ4v) is 4.81. The van der Waals surface area contributed by atoms with Crippen LogP contribution in [0.3, 0.4) is 0 Å². The molecule has 0 aromatic rings. The minimum absolute atomic E-state index is 0.397. The molecule has 0 amide bonds. The molecule has 2 aliphatic rings. The van der Waals surface area contributed by atoms with E-state index in [4.69, 9.17) is 11.1 Å².